The van der Waals surface area contributed by atoms with Gasteiger partial charge in [0.1, 0.15) is 0 Å². The Labute approximate surface area is 44.8 Å². The number of rotatable bonds is 0. The van der Waals surface area contributed by atoms with Crippen molar-refractivity contribution in [1.82, 2.24) is 0 Å². The molecule has 0 saturated heterocycles. The van der Waals surface area contributed by atoms with E-state index in [1.807, 2.05) is 6.92 Å². The molecule has 0 rings (SSSR count). The third-order valence-corrected chi connectivity index (χ3v) is 0.177. The predicted molar refractivity (Wildman–Crippen MR) is 17.4 cm³/mol. The standard InChI is InChI=1S/C4H5.V/c1-3-4-2;/h3H2,1H3;/q-1;+2. The van der Waals surface area contributed by atoms with E-state index in [1.54, 1.807) is 0 Å². The molecule has 0 atom stereocenters. The molecule has 0 fully saturated rings. The van der Waals surface area contributed by atoms with Crippen LogP contribution in [0.3, 0.4) is 0 Å². The fourth-order valence-corrected chi connectivity index (χ4v) is 0. The maximum Gasteiger partial charge on any atom is 2.00 e. The average Bonchev–Trinajstić information content (AvgIpc) is 1.37. The third kappa shape index (κ3) is 14.6. The molecule has 1 radical (unpaired) electrons. The van der Waals surface area contributed by atoms with Gasteiger partial charge in [-0.3, -0.25) is 0 Å². The van der Waals surface area contributed by atoms with Gasteiger partial charge < -0.3 is 12.3 Å². The van der Waals surface area contributed by atoms with Gasteiger partial charge in [0.25, 0.3) is 0 Å². The van der Waals surface area contributed by atoms with Gasteiger partial charge in [0.15, 0.2) is 0 Å². The molecule has 0 aliphatic rings. The summed E-state index contributed by atoms with van der Waals surface area (Å²) in [5.74, 6) is 2.18. The van der Waals surface area contributed by atoms with E-state index in [0.29, 0.717) is 0 Å². The Morgan fingerprint density at radius 2 is 2.00 bits per heavy atom. The molecular weight excluding hydrogens is 99.0 g/mol. The number of hydrogen-bond donors (Lipinski definition) is 0. The molecule has 0 aliphatic heterocycles. The molecule has 0 saturated carbocycles. The van der Waals surface area contributed by atoms with Crippen LogP contribution >= 0.6 is 0 Å². The smallest absolute Gasteiger partial charge is 0.694 e. The van der Waals surface area contributed by atoms with Crippen molar-refractivity contribution in [3.05, 3.63) is 6.42 Å². The Morgan fingerprint density at radius 3 is 2.00 bits per heavy atom. The van der Waals surface area contributed by atoms with E-state index in [2.05, 4.69) is 5.92 Å². The van der Waals surface area contributed by atoms with Gasteiger partial charge in [-0.1, -0.05) is 6.92 Å². The van der Waals surface area contributed by atoms with Crippen molar-refractivity contribution in [1.29, 1.82) is 0 Å². The molecule has 0 amide bonds. The first kappa shape index (κ1) is 8.94. The maximum absolute atomic E-state index is 6.20. The van der Waals surface area contributed by atoms with Crippen LogP contribution in [0.15, 0.2) is 0 Å². The largest absolute Gasteiger partial charge is 2.00 e. The summed E-state index contributed by atoms with van der Waals surface area (Å²) in [6, 6.07) is 0. The summed E-state index contributed by atoms with van der Waals surface area (Å²) in [4.78, 5) is 0. The topological polar surface area (TPSA) is 0 Å². The first-order valence-electron chi connectivity index (χ1n) is 1.31. The second kappa shape index (κ2) is 8.91. The van der Waals surface area contributed by atoms with E-state index >= 15 is 0 Å². The van der Waals surface area contributed by atoms with Crippen molar-refractivity contribution in [3.8, 4) is 5.92 Å². The SMILES string of the molecule is [C-]#CCC.[V+2]. The molecule has 0 aromatic heterocycles. The van der Waals surface area contributed by atoms with E-state index < -0.39 is 0 Å². The van der Waals surface area contributed by atoms with Gasteiger partial charge in [0.2, 0.25) is 0 Å². The van der Waals surface area contributed by atoms with Crippen molar-refractivity contribution in [2.24, 2.45) is 0 Å². The zero-order valence-corrected chi connectivity index (χ0v) is 4.55. The Kier molecular flexibility index (Phi) is 15.9. The fourth-order valence-electron chi connectivity index (χ4n) is 0. The molecule has 25 valence electrons. The molecule has 1 heteroatoms. The van der Waals surface area contributed by atoms with Crippen molar-refractivity contribution in [2.75, 3.05) is 0 Å². The predicted octanol–water partition coefficient (Wildman–Crippen LogP) is 0.984. The van der Waals surface area contributed by atoms with Crippen LogP contribution in [0.5, 0.6) is 0 Å². The minimum atomic E-state index is 0. The van der Waals surface area contributed by atoms with Crippen molar-refractivity contribution >= 4 is 0 Å². The van der Waals surface area contributed by atoms with Crippen LogP contribution < -0.4 is 0 Å². The summed E-state index contributed by atoms with van der Waals surface area (Å²) >= 11 is 0. The second-order valence-electron chi connectivity index (χ2n) is 0.530. The fraction of sp³-hybridized carbons (Fsp3) is 0.500. The second-order valence-corrected chi connectivity index (χ2v) is 0.530. The van der Waals surface area contributed by atoms with Gasteiger partial charge in [-0.05, 0) is 6.42 Å². The molecule has 0 N–H and O–H groups in total. The van der Waals surface area contributed by atoms with Crippen LogP contribution in [0.25, 0.3) is 0 Å². The molecule has 0 nitrogen and oxygen atoms in total. The summed E-state index contributed by atoms with van der Waals surface area (Å²) < 4.78 is 0. The van der Waals surface area contributed by atoms with Gasteiger partial charge >= 0.3 is 18.6 Å². The summed E-state index contributed by atoms with van der Waals surface area (Å²) in [5, 5.41) is 0. The molecule has 0 heterocycles. The Bertz CT molecular complexity index is 33.4. The number of hydrogen-bond acceptors (Lipinski definition) is 0. The van der Waals surface area contributed by atoms with Gasteiger partial charge in [-0.15, -0.1) is 0 Å². The van der Waals surface area contributed by atoms with E-state index in [-0.39, 0.29) is 18.6 Å². The summed E-state index contributed by atoms with van der Waals surface area (Å²) in [6.45, 7) is 1.88. The molecule has 0 spiro atoms. The molecule has 0 aliphatic carbocycles. The Balaban J connectivity index is 0. The van der Waals surface area contributed by atoms with Crippen molar-refractivity contribution in [2.45, 2.75) is 13.3 Å². The monoisotopic (exact) mass is 104 g/mol. The molecule has 0 bridgehead atoms. The summed E-state index contributed by atoms with van der Waals surface area (Å²) in [7, 11) is 0. The zero-order valence-electron chi connectivity index (χ0n) is 3.15. The molecule has 5 heavy (non-hydrogen) atoms. The maximum atomic E-state index is 6.20. The van der Waals surface area contributed by atoms with E-state index in [0.717, 1.165) is 6.42 Å². The minimum Gasteiger partial charge on any atom is -0.694 e. The van der Waals surface area contributed by atoms with Gasteiger partial charge in [0, 0.05) is 0 Å². The van der Waals surface area contributed by atoms with Crippen LogP contribution in [0.2, 0.25) is 0 Å². The van der Waals surface area contributed by atoms with Crippen molar-refractivity contribution in [3.63, 3.8) is 0 Å². The quantitative estimate of drug-likeness (QED) is 0.317. The molecular formula is C4H5V+. The average molecular weight is 104 g/mol. The van der Waals surface area contributed by atoms with E-state index in [9.17, 15) is 0 Å². The van der Waals surface area contributed by atoms with Gasteiger partial charge in [-0.2, -0.15) is 0 Å². The van der Waals surface area contributed by atoms with Crippen LogP contribution in [0, 0.1) is 12.3 Å². The van der Waals surface area contributed by atoms with E-state index in [1.165, 1.54) is 0 Å². The van der Waals surface area contributed by atoms with Crippen LogP contribution in [0.4, 0.5) is 0 Å². The van der Waals surface area contributed by atoms with Crippen LogP contribution in [0.1, 0.15) is 13.3 Å². The van der Waals surface area contributed by atoms with Gasteiger partial charge in [0.05, 0.1) is 0 Å². The van der Waals surface area contributed by atoms with Crippen LogP contribution in [-0.4, -0.2) is 0 Å². The first-order valence-corrected chi connectivity index (χ1v) is 1.31. The molecule has 0 unspecified atom stereocenters. The van der Waals surface area contributed by atoms with E-state index in [4.69, 9.17) is 6.42 Å². The summed E-state index contributed by atoms with van der Waals surface area (Å²) in [6.07, 6.45) is 6.94. The third-order valence-electron chi connectivity index (χ3n) is 0.177. The Hall–Kier alpha value is 0.144. The zero-order chi connectivity index (χ0) is 3.41. The van der Waals surface area contributed by atoms with Gasteiger partial charge in [-0.25, -0.2) is 0 Å². The van der Waals surface area contributed by atoms with Crippen LogP contribution in [-0.2, 0) is 18.6 Å². The Morgan fingerprint density at radius 1 is 1.80 bits per heavy atom. The minimum absolute atomic E-state index is 0. The molecule has 0 aromatic rings. The first-order chi connectivity index (χ1) is 1.91. The molecule has 0 aromatic carbocycles. The normalized spacial score (nSPS) is 4.00. The van der Waals surface area contributed by atoms with Crippen molar-refractivity contribution < 1.29 is 18.6 Å². The summed E-state index contributed by atoms with van der Waals surface area (Å²) in [5.41, 5.74) is 0.